The molecule has 1 rings (SSSR count). The van der Waals surface area contributed by atoms with Crippen molar-refractivity contribution < 1.29 is 20.1 Å². The minimum absolute atomic E-state index is 0.0133. The number of anilines is 1. The van der Waals surface area contributed by atoms with Crippen molar-refractivity contribution in [2.75, 3.05) is 5.32 Å². The van der Waals surface area contributed by atoms with Crippen LogP contribution in [-0.2, 0) is 4.79 Å². The summed E-state index contributed by atoms with van der Waals surface area (Å²) in [5.41, 5.74) is 0.361. The lowest BCUT2D eigenvalue weighted by Crippen LogP contribution is -2.36. The predicted octanol–water partition coefficient (Wildman–Crippen LogP) is 0.0724. The second-order valence-electron chi connectivity index (χ2n) is 3.23. The van der Waals surface area contributed by atoms with Crippen LogP contribution in [0.5, 0.6) is 5.75 Å². The van der Waals surface area contributed by atoms with Crippen LogP contribution in [0.1, 0.15) is 6.92 Å². The van der Waals surface area contributed by atoms with Crippen molar-refractivity contribution in [1.82, 2.24) is 0 Å². The molecular weight excluding hydrogens is 198 g/mol. The van der Waals surface area contributed by atoms with Crippen LogP contribution in [-0.4, -0.2) is 33.4 Å². The molecule has 0 saturated heterocycles. The van der Waals surface area contributed by atoms with E-state index in [1.807, 2.05) is 0 Å². The summed E-state index contributed by atoms with van der Waals surface area (Å²) in [6, 6.07) is 5.92. The van der Waals surface area contributed by atoms with Gasteiger partial charge in [-0.05, 0) is 19.1 Å². The maximum atomic E-state index is 11.3. The molecule has 5 heteroatoms. The molecule has 0 fully saturated rings. The minimum Gasteiger partial charge on any atom is -0.508 e. The zero-order valence-electron chi connectivity index (χ0n) is 8.21. The standard InChI is InChI=1S/C10H13NO4/c1-6(12)9(14)10(15)11-7-3-2-4-8(13)5-7/h2-6,9,12-14H,1H3,(H,11,15)/t6?,9-/m0/s1. The van der Waals surface area contributed by atoms with Gasteiger partial charge in [-0.1, -0.05) is 6.07 Å². The molecule has 0 saturated carbocycles. The lowest BCUT2D eigenvalue weighted by atomic mass is 10.2. The first kappa shape index (κ1) is 11.5. The summed E-state index contributed by atoms with van der Waals surface area (Å²) < 4.78 is 0. The molecule has 2 atom stereocenters. The van der Waals surface area contributed by atoms with E-state index in [9.17, 15) is 9.90 Å². The molecule has 5 nitrogen and oxygen atoms in total. The Labute approximate surface area is 87.0 Å². The number of aliphatic hydroxyl groups excluding tert-OH is 2. The van der Waals surface area contributed by atoms with Gasteiger partial charge in [-0.25, -0.2) is 0 Å². The Morgan fingerprint density at radius 2 is 2.07 bits per heavy atom. The Balaban J connectivity index is 2.66. The van der Waals surface area contributed by atoms with E-state index in [4.69, 9.17) is 10.2 Å². The Kier molecular flexibility index (Phi) is 3.65. The third-order valence-electron chi connectivity index (χ3n) is 1.84. The first-order valence-electron chi connectivity index (χ1n) is 4.46. The van der Waals surface area contributed by atoms with Crippen LogP contribution in [0.15, 0.2) is 24.3 Å². The van der Waals surface area contributed by atoms with Gasteiger partial charge >= 0.3 is 0 Å². The predicted molar refractivity (Wildman–Crippen MR) is 54.4 cm³/mol. The largest absolute Gasteiger partial charge is 0.508 e. The molecule has 0 aromatic heterocycles. The van der Waals surface area contributed by atoms with Gasteiger partial charge < -0.3 is 20.6 Å². The first-order chi connectivity index (χ1) is 7.00. The summed E-state index contributed by atoms with van der Waals surface area (Å²) in [5.74, 6) is -0.699. The number of hydrogen-bond acceptors (Lipinski definition) is 4. The summed E-state index contributed by atoms with van der Waals surface area (Å²) in [5, 5.41) is 29.6. The zero-order chi connectivity index (χ0) is 11.4. The number of hydrogen-bond donors (Lipinski definition) is 4. The van der Waals surface area contributed by atoms with Gasteiger partial charge in [-0.15, -0.1) is 0 Å². The third-order valence-corrected chi connectivity index (χ3v) is 1.84. The molecule has 1 aromatic rings. The quantitative estimate of drug-likeness (QED) is 0.569. The summed E-state index contributed by atoms with van der Waals surface area (Å²) in [6.45, 7) is 1.31. The second kappa shape index (κ2) is 4.77. The van der Waals surface area contributed by atoms with Crippen LogP contribution in [0.2, 0.25) is 0 Å². The van der Waals surface area contributed by atoms with E-state index in [0.29, 0.717) is 5.69 Å². The summed E-state index contributed by atoms with van der Waals surface area (Å²) in [6.07, 6.45) is -2.62. The number of phenols is 1. The van der Waals surface area contributed by atoms with Gasteiger partial charge in [0.1, 0.15) is 5.75 Å². The van der Waals surface area contributed by atoms with Crippen molar-refractivity contribution >= 4 is 11.6 Å². The van der Waals surface area contributed by atoms with Gasteiger partial charge in [0.15, 0.2) is 6.10 Å². The van der Waals surface area contributed by atoms with Gasteiger partial charge in [-0.2, -0.15) is 0 Å². The molecule has 4 N–H and O–H groups in total. The molecule has 0 aliphatic rings. The number of phenolic OH excluding ortho intramolecular Hbond substituents is 1. The second-order valence-corrected chi connectivity index (χ2v) is 3.23. The Morgan fingerprint density at radius 3 is 2.60 bits per heavy atom. The van der Waals surface area contributed by atoms with Crippen molar-refractivity contribution in [2.45, 2.75) is 19.1 Å². The number of rotatable bonds is 3. The fourth-order valence-corrected chi connectivity index (χ4v) is 1.02. The lowest BCUT2D eigenvalue weighted by Gasteiger charge is -2.13. The van der Waals surface area contributed by atoms with Gasteiger partial charge in [0.25, 0.3) is 5.91 Å². The molecule has 0 radical (unpaired) electrons. The fourth-order valence-electron chi connectivity index (χ4n) is 1.02. The highest BCUT2D eigenvalue weighted by Crippen LogP contribution is 2.15. The molecule has 1 amide bonds. The SMILES string of the molecule is CC(O)[C@H](O)C(=O)Nc1cccc(O)c1. The molecule has 15 heavy (non-hydrogen) atoms. The van der Waals surface area contributed by atoms with E-state index >= 15 is 0 Å². The van der Waals surface area contributed by atoms with Crippen LogP contribution >= 0.6 is 0 Å². The maximum Gasteiger partial charge on any atom is 0.255 e. The number of carbonyl (C=O) groups is 1. The van der Waals surface area contributed by atoms with Gasteiger partial charge in [0.2, 0.25) is 0 Å². The summed E-state index contributed by atoms with van der Waals surface area (Å²) >= 11 is 0. The average Bonchev–Trinajstić information content (AvgIpc) is 2.16. The third kappa shape index (κ3) is 3.23. The lowest BCUT2D eigenvalue weighted by molar-refractivity contribution is -0.128. The first-order valence-corrected chi connectivity index (χ1v) is 4.46. The Morgan fingerprint density at radius 1 is 1.40 bits per heavy atom. The average molecular weight is 211 g/mol. The highest BCUT2D eigenvalue weighted by atomic mass is 16.3. The topological polar surface area (TPSA) is 89.8 Å². The van der Waals surface area contributed by atoms with E-state index in [2.05, 4.69) is 5.32 Å². The van der Waals surface area contributed by atoms with Crippen molar-refractivity contribution in [3.8, 4) is 5.75 Å². The highest BCUT2D eigenvalue weighted by Gasteiger charge is 2.20. The molecule has 82 valence electrons. The van der Waals surface area contributed by atoms with Gasteiger partial charge in [0.05, 0.1) is 6.10 Å². The highest BCUT2D eigenvalue weighted by molar-refractivity contribution is 5.94. The van der Waals surface area contributed by atoms with E-state index in [1.54, 1.807) is 12.1 Å². The van der Waals surface area contributed by atoms with E-state index in [-0.39, 0.29) is 5.75 Å². The van der Waals surface area contributed by atoms with Crippen LogP contribution in [0.3, 0.4) is 0 Å². The number of benzene rings is 1. The van der Waals surface area contributed by atoms with Crippen molar-refractivity contribution in [3.05, 3.63) is 24.3 Å². The van der Waals surface area contributed by atoms with Crippen LogP contribution in [0.25, 0.3) is 0 Å². The van der Waals surface area contributed by atoms with Crippen molar-refractivity contribution in [3.63, 3.8) is 0 Å². The molecule has 0 bridgehead atoms. The minimum atomic E-state index is -1.48. The Hall–Kier alpha value is -1.59. The van der Waals surface area contributed by atoms with E-state index in [1.165, 1.54) is 19.1 Å². The molecular formula is C10H13NO4. The molecule has 1 unspecified atom stereocenters. The fraction of sp³-hybridized carbons (Fsp3) is 0.300. The monoisotopic (exact) mass is 211 g/mol. The maximum absolute atomic E-state index is 11.3. The summed E-state index contributed by atoms with van der Waals surface area (Å²) in [4.78, 5) is 11.3. The van der Waals surface area contributed by atoms with Gasteiger partial charge in [-0.3, -0.25) is 4.79 Å². The summed E-state index contributed by atoms with van der Waals surface area (Å²) in [7, 11) is 0. The van der Waals surface area contributed by atoms with Gasteiger partial charge in [0, 0.05) is 11.8 Å². The van der Waals surface area contributed by atoms with Crippen LogP contribution in [0, 0.1) is 0 Å². The van der Waals surface area contributed by atoms with Crippen LogP contribution < -0.4 is 5.32 Å². The number of aliphatic hydroxyl groups is 2. The molecule has 1 aromatic carbocycles. The molecule has 0 spiro atoms. The number of aromatic hydroxyl groups is 1. The Bertz CT molecular complexity index is 351. The molecule has 0 heterocycles. The van der Waals surface area contributed by atoms with Crippen molar-refractivity contribution in [2.24, 2.45) is 0 Å². The normalized spacial score (nSPS) is 14.3. The van der Waals surface area contributed by atoms with E-state index < -0.39 is 18.1 Å². The van der Waals surface area contributed by atoms with Crippen molar-refractivity contribution in [1.29, 1.82) is 0 Å². The number of amides is 1. The van der Waals surface area contributed by atoms with Crippen LogP contribution in [0.4, 0.5) is 5.69 Å². The zero-order valence-corrected chi connectivity index (χ0v) is 8.21. The smallest absolute Gasteiger partial charge is 0.255 e. The molecule has 0 aliphatic carbocycles. The molecule has 0 aliphatic heterocycles. The van der Waals surface area contributed by atoms with E-state index in [0.717, 1.165) is 0 Å². The number of nitrogens with one attached hydrogen (secondary N) is 1. The number of carbonyl (C=O) groups excluding carboxylic acids is 1.